The molecule has 0 aliphatic carbocycles. The number of ketones is 1. The van der Waals surface area contributed by atoms with Gasteiger partial charge >= 0.3 is 0 Å². The molecule has 3 aromatic rings. The quantitative estimate of drug-likeness (QED) is 0.663. The number of amides is 1. The topological polar surface area (TPSA) is 78.6 Å². The largest absolute Gasteiger partial charge is 0.489 e. The minimum absolute atomic E-state index is 0.0276. The average molecular weight is 408 g/mol. The van der Waals surface area contributed by atoms with Crippen LogP contribution in [0.5, 0.6) is 11.5 Å². The van der Waals surface area contributed by atoms with Crippen molar-refractivity contribution in [2.75, 3.05) is 0 Å². The highest BCUT2D eigenvalue weighted by Crippen LogP contribution is 2.37. The summed E-state index contributed by atoms with van der Waals surface area (Å²) in [4.78, 5) is 23.7. The average Bonchev–Trinajstić information content (AvgIpc) is 2.72. The number of Topliss-reactive ketones (excluding diaryl/α,β-unsaturated/α-hetero) is 1. The van der Waals surface area contributed by atoms with Crippen molar-refractivity contribution >= 4 is 23.3 Å². The van der Waals surface area contributed by atoms with E-state index in [1.165, 1.54) is 0 Å². The molecule has 2 N–H and O–H groups in total. The number of fused-ring (bicyclic) bond motifs is 1. The van der Waals surface area contributed by atoms with Crippen molar-refractivity contribution in [3.63, 3.8) is 0 Å². The number of benzene rings is 3. The first-order chi connectivity index (χ1) is 14.0. The Bertz CT molecular complexity index is 1060. The normalized spacial score (nSPS) is 15.3. The van der Waals surface area contributed by atoms with Crippen molar-refractivity contribution < 1.29 is 19.1 Å². The second-order valence-corrected chi connectivity index (χ2v) is 7.23. The van der Waals surface area contributed by atoms with Crippen LogP contribution in [0.15, 0.2) is 66.7 Å². The van der Waals surface area contributed by atoms with Crippen LogP contribution in [0.4, 0.5) is 0 Å². The molecule has 0 aromatic heterocycles. The van der Waals surface area contributed by atoms with Gasteiger partial charge in [0.15, 0.2) is 5.78 Å². The molecular formula is C23H18ClNO4. The zero-order valence-corrected chi connectivity index (χ0v) is 16.2. The third-order valence-electron chi connectivity index (χ3n) is 4.78. The number of carbonyl (C=O) groups excluding carboxylic acids is 2. The maximum atomic E-state index is 12.5. The third kappa shape index (κ3) is 4.25. The molecule has 1 amide bonds. The summed E-state index contributed by atoms with van der Waals surface area (Å²) in [5, 5.41) is 0.635. The molecule has 0 bridgehead atoms. The zero-order chi connectivity index (χ0) is 20.4. The van der Waals surface area contributed by atoms with Crippen LogP contribution in [0.3, 0.4) is 0 Å². The summed E-state index contributed by atoms with van der Waals surface area (Å²) < 4.78 is 11.9. The van der Waals surface area contributed by atoms with Gasteiger partial charge in [0.05, 0.1) is 12.0 Å². The van der Waals surface area contributed by atoms with Gasteiger partial charge in [-0.15, -0.1) is 0 Å². The Morgan fingerprint density at radius 2 is 1.79 bits per heavy atom. The van der Waals surface area contributed by atoms with Crippen molar-refractivity contribution in [3.05, 3.63) is 94.0 Å². The number of rotatable bonds is 5. The second-order valence-electron chi connectivity index (χ2n) is 6.79. The smallest absolute Gasteiger partial charge is 0.248 e. The molecule has 0 spiro atoms. The maximum absolute atomic E-state index is 12.5. The molecule has 4 rings (SSSR count). The molecule has 1 atom stereocenters. The first kappa shape index (κ1) is 19.0. The lowest BCUT2D eigenvalue weighted by molar-refractivity contribution is 0.0848. The Kier molecular flexibility index (Phi) is 5.23. The van der Waals surface area contributed by atoms with E-state index in [4.69, 9.17) is 26.8 Å². The lowest BCUT2D eigenvalue weighted by atomic mass is 9.96. The fraction of sp³-hybridized carbons (Fsp3) is 0.130. The molecule has 1 heterocycles. The second kappa shape index (κ2) is 7.97. The number of hydrogen-bond acceptors (Lipinski definition) is 4. The molecule has 5 nitrogen and oxygen atoms in total. The first-order valence-corrected chi connectivity index (χ1v) is 9.48. The third-order valence-corrected chi connectivity index (χ3v) is 5.03. The predicted octanol–water partition coefficient (Wildman–Crippen LogP) is 4.72. The van der Waals surface area contributed by atoms with Crippen LogP contribution in [-0.2, 0) is 6.61 Å². The van der Waals surface area contributed by atoms with Crippen molar-refractivity contribution in [1.29, 1.82) is 0 Å². The van der Waals surface area contributed by atoms with Crippen LogP contribution in [0.25, 0.3) is 0 Å². The summed E-state index contributed by atoms with van der Waals surface area (Å²) in [6, 6.07) is 19.4. The highest BCUT2D eigenvalue weighted by molar-refractivity contribution is 6.30. The van der Waals surface area contributed by atoms with Crippen LogP contribution in [-0.4, -0.2) is 11.7 Å². The van der Waals surface area contributed by atoms with Gasteiger partial charge in [-0.25, -0.2) is 0 Å². The molecule has 0 radical (unpaired) electrons. The van der Waals surface area contributed by atoms with E-state index >= 15 is 0 Å². The molecule has 0 fully saturated rings. The Labute approximate surface area is 173 Å². The van der Waals surface area contributed by atoms with Gasteiger partial charge in [0.25, 0.3) is 0 Å². The van der Waals surface area contributed by atoms with E-state index in [0.29, 0.717) is 34.3 Å². The van der Waals surface area contributed by atoms with Gasteiger partial charge in [-0.05, 0) is 47.5 Å². The molecule has 0 saturated carbocycles. The summed E-state index contributed by atoms with van der Waals surface area (Å²) in [5.74, 6) is 0.652. The zero-order valence-electron chi connectivity index (χ0n) is 15.4. The van der Waals surface area contributed by atoms with Crippen LogP contribution in [0.2, 0.25) is 5.02 Å². The number of ether oxygens (including phenoxy) is 2. The van der Waals surface area contributed by atoms with Gasteiger partial charge < -0.3 is 15.2 Å². The van der Waals surface area contributed by atoms with Crippen molar-refractivity contribution in [3.8, 4) is 11.5 Å². The molecule has 1 unspecified atom stereocenters. The summed E-state index contributed by atoms with van der Waals surface area (Å²) >= 11 is 5.94. The minimum atomic E-state index is -0.468. The van der Waals surface area contributed by atoms with Crippen LogP contribution in [0.1, 0.15) is 44.4 Å². The number of nitrogens with two attached hydrogens (primary N) is 1. The Balaban J connectivity index is 1.49. The standard InChI is InChI=1S/C23H18ClNO4/c24-17-7-5-15(6-8-17)21-12-20(26)19-10-9-18(11-22(19)29-21)28-13-14-1-3-16(4-2-14)23(25)27/h1-11,21H,12-13H2,(H2,25,27). The van der Waals surface area contributed by atoms with Crippen LogP contribution < -0.4 is 15.2 Å². The Hall–Kier alpha value is -3.31. The molecule has 1 aliphatic rings. The van der Waals surface area contributed by atoms with Gasteiger partial charge in [0.1, 0.15) is 24.2 Å². The van der Waals surface area contributed by atoms with E-state index in [1.807, 2.05) is 12.1 Å². The lowest BCUT2D eigenvalue weighted by Crippen LogP contribution is -2.20. The fourth-order valence-electron chi connectivity index (χ4n) is 3.19. The van der Waals surface area contributed by atoms with Gasteiger partial charge in [-0.2, -0.15) is 0 Å². The van der Waals surface area contributed by atoms with Crippen molar-refractivity contribution in [2.24, 2.45) is 5.73 Å². The van der Waals surface area contributed by atoms with E-state index in [0.717, 1.165) is 11.1 Å². The van der Waals surface area contributed by atoms with Gasteiger partial charge in [0, 0.05) is 16.7 Å². The summed E-state index contributed by atoms with van der Waals surface area (Å²) in [6.45, 7) is 0.312. The molecule has 146 valence electrons. The van der Waals surface area contributed by atoms with Gasteiger partial charge in [0.2, 0.25) is 5.91 Å². The van der Waals surface area contributed by atoms with Crippen LogP contribution in [0, 0.1) is 0 Å². The predicted molar refractivity (Wildman–Crippen MR) is 110 cm³/mol. The van der Waals surface area contributed by atoms with Crippen molar-refractivity contribution in [1.82, 2.24) is 0 Å². The highest BCUT2D eigenvalue weighted by atomic mass is 35.5. The molecule has 29 heavy (non-hydrogen) atoms. The number of halogens is 1. The van der Waals surface area contributed by atoms with Crippen molar-refractivity contribution in [2.45, 2.75) is 19.1 Å². The van der Waals surface area contributed by atoms with Gasteiger partial charge in [-0.3, -0.25) is 9.59 Å². The Morgan fingerprint density at radius 1 is 1.07 bits per heavy atom. The van der Waals surface area contributed by atoms with E-state index in [9.17, 15) is 9.59 Å². The first-order valence-electron chi connectivity index (χ1n) is 9.10. The number of carbonyl (C=O) groups is 2. The molecule has 0 saturated heterocycles. The SMILES string of the molecule is NC(=O)c1ccc(COc2ccc3c(c2)OC(c2ccc(Cl)cc2)CC3=O)cc1. The van der Waals surface area contributed by atoms with E-state index in [1.54, 1.807) is 54.6 Å². The van der Waals surface area contributed by atoms with E-state index < -0.39 is 5.91 Å². The molecule has 6 heteroatoms. The lowest BCUT2D eigenvalue weighted by Gasteiger charge is -2.26. The maximum Gasteiger partial charge on any atom is 0.248 e. The summed E-state index contributed by atoms with van der Waals surface area (Å²) in [5.41, 5.74) is 8.03. The fourth-order valence-corrected chi connectivity index (χ4v) is 3.31. The summed E-state index contributed by atoms with van der Waals surface area (Å²) in [6.07, 6.45) is -0.0787. The molecular weight excluding hydrogens is 390 g/mol. The number of primary amides is 1. The van der Waals surface area contributed by atoms with E-state index in [-0.39, 0.29) is 18.3 Å². The minimum Gasteiger partial charge on any atom is -0.489 e. The molecule has 3 aromatic carbocycles. The van der Waals surface area contributed by atoms with E-state index in [2.05, 4.69) is 0 Å². The van der Waals surface area contributed by atoms with Crippen LogP contribution >= 0.6 is 11.6 Å². The monoisotopic (exact) mass is 407 g/mol. The summed E-state index contributed by atoms with van der Waals surface area (Å²) in [7, 11) is 0. The number of hydrogen-bond donors (Lipinski definition) is 1. The Morgan fingerprint density at radius 3 is 2.48 bits per heavy atom. The van der Waals surface area contributed by atoms with Gasteiger partial charge in [-0.1, -0.05) is 35.9 Å². The highest BCUT2D eigenvalue weighted by Gasteiger charge is 2.28. The molecule has 1 aliphatic heterocycles.